The molecule has 0 atom stereocenters. The van der Waals surface area contributed by atoms with Gasteiger partial charge in [0.15, 0.2) is 0 Å². The molecule has 0 fully saturated rings. The van der Waals surface area contributed by atoms with E-state index in [1.54, 1.807) is 17.1 Å². The lowest BCUT2D eigenvalue weighted by molar-refractivity contribution is 0.102. The molecule has 0 unspecified atom stereocenters. The molecule has 0 saturated carbocycles. The molecule has 0 saturated heterocycles. The number of benzene rings is 3. The van der Waals surface area contributed by atoms with Crippen molar-refractivity contribution in [1.82, 2.24) is 9.78 Å². The smallest absolute Gasteiger partial charge is 0.258 e. The predicted octanol–water partition coefficient (Wildman–Crippen LogP) is 4.79. The lowest BCUT2D eigenvalue weighted by Crippen LogP contribution is -2.11. The molecule has 0 aliphatic rings. The molecule has 0 aliphatic carbocycles. The number of aromatic nitrogens is 2. The van der Waals surface area contributed by atoms with Crippen LogP contribution < -0.4 is 5.32 Å². The number of hydrogen-bond acceptors (Lipinski definition) is 2. The molecule has 0 bridgehead atoms. The quantitative estimate of drug-likeness (QED) is 0.581. The van der Waals surface area contributed by atoms with Crippen LogP contribution in [0.1, 0.15) is 10.4 Å². The van der Waals surface area contributed by atoms with Crippen LogP contribution in [0.2, 0.25) is 0 Å². The van der Waals surface area contributed by atoms with E-state index >= 15 is 0 Å². The van der Waals surface area contributed by atoms with Crippen LogP contribution in [0, 0.1) is 0 Å². The Bertz CT molecular complexity index is 1020. The first-order valence-electron chi connectivity index (χ1n) is 8.37. The maximum atomic E-state index is 12.7. The summed E-state index contributed by atoms with van der Waals surface area (Å²) >= 11 is 0. The number of carbonyl (C=O) groups is 1. The highest BCUT2D eigenvalue weighted by Gasteiger charge is 2.12. The predicted molar refractivity (Wildman–Crippen MR) is 103 cm³/mol. The van der Waals surface area contributed by atoms with E-state index in [0.717, 1.165) is 22.5 Å². The summed E-state index contributed by atoms with van der Waals surface area (Å²) in [5, 5.41) is 7.28. The standard InChI is InChI=1S/C22H17N3O/c26-22(18-15-23-25(16-18)19-11-5-2-6-12-19)24-21-14-8-7-13-20(21)17-9-3-1-4-10-17/h1-16H,(H,24,26). The van der Waals surface area contributed by atoms with Gasteiger partial charge in [0.25, 0.3) is 5.91 Å². The summed E-state index contributed by atoms with van der Waals surface area (Å²) in [5.41, 5.74) is 4.24. The van der Waals surface area contributed by atoms with Crippen molar-refractivity contribution in [3.8, 4) is 16.8 Å². The molecule has 4 nitrogen and oxygen atoms in total. The van der Waals surface area contributed by atoms with Crippen LogP contribution in [-0.4, -0.2) is 15.7 Å². The zero-order chi connectivity index (χ0) is 17.8. The third kappa shape index (κ3) is 3.26. The van der Waals surface area contributed by atoms with Gasteiger partial charge in [-0.05, 0) is 23.8 Å². The fourth-order valence-corrected chi connectivity index (χ4v) is 2.82. The van der Waals surface area contributed by atoms with Crippen molar-refractivity contribution in [2.24, 2.45) is 0 Å². The van der Waals surface area contributed by atoms with Crippen LogP contribution in [0.15, 0.2) is 97.3 Å². The van der Waals surface area contributed by atoms with E-state index in [4.69, 9.17) is 0 Å². The van der Waals surface area contributed by atoms with Crippen LogP contribution in [-0.2, 0) is 0 Å². The summed E-state index contributed by atoms with van der Waals surface area (Å²) < 4.78 is 1.69. The Hall–Kier alpha value is -3.66. The summed E-state index contributed by atoms with van der Waals surface area (Å²) in [6.45, 7) is 0. The highest BCUT2D eigenvalue weighted by molar-refractivity contribution is 6.06. The molecular formula is C22H17N3O. The van der Waals surface area contributed by atoms with Crippen molar-refractivity contribution >= 4 is 11.6 Å². The van der Waals surface area contributed by atoms with E-state index < -0.39 is 0 Å². The normalized spacial score (nSPS) is 10.5. The van der Waals surface area contributed by atoms with Gasteiger partial charge in [0.1, 0.15) is 0 Å². The first-order valence-corrected chi connectivity index (χ1v) is 8.37. The topological polar surface area (TPSA) is 46.9 Å². The Balaban J connectivity index is 1.59. The third-order valence-electron chi connectivity index (χ3n) is 4.13. The highest BCUT2D eigenvalue weighted by atomic mass is 16.1. The van der Waals surface area contributed by atoms with Gasteiger partial charge in [-0.2, -0.15) is 5.10 Å². The number of nitrogens with one attached hydrogen (secondary N) is 1. The lowest BCUT2D eigenvalue weighted by Gasteiger charge is -2.10. The van der Waals surface area contributed by atoms with Gasteiger partial charge in [0.05, 0.1) is 17.4 Å². The average Bonchev–Trinajstić information content (AvgIpc) is 3.20. The minimum absolute atomic E-state index is 0.185. The second kappa shape index (κ2) is 7.07. The van der Waals surface area contributed by atoms with Crippen molar-refractivity contribution in [1.29, 1.82) is 0 Å². The lowest BCUT2D eigenvalue weighted by atomic mass is 10.0. The number of para-hydroxylation sites is 2. The SMILES string of the molecule is O=C(Nc1ccccc1-c1ccccc1)c1cnn(-c2ccccc2)c1. The van der Waals surface area contributed by atoms with Crippen molar-refractivity contribution in [2.45, 2.75) is 0 Å². The van der Waals surface area contributed by atoms with Crippen LogP contribution >= 0.6 is 0 Å². The Morgan fingerprint density at radius 1 is 0.808 bits per heavy atom. The van der Waals surface area contributed by atoms with Crippen LogP contribution in [0.4, 0.5) is 5.69 Å². The van der Waals surface area contributed by atoms with E-state index in [9.17, 15) is 4.79 Å². The average molecular weight is 339 g/mol. The number of amides is 1. The van der Waals surface area contributed by atoms with Crippen molar-refractivity contribution < 1.29 is 4.79 Å². The summed E-state index contributed by atoms with van der Waals surface area (Å²) in [7, 11) is 0. The molecule has 0 spiro atoms. The first-order chi connectivity index (χ1) is 12.8. The molecule has 0 radical (unpaired) electrons. The van der Waals surface area contributed by atoms with Crippen molar-refractivity contribution in [2.75, 3.05) is 5.32 Å². The van der Waals surface area contributed by atoms with E-state index in [0.29, 0.717) is 5.56 Å². The van der Waals surface area contributed by atoms with Crippen molar-refractivity contribution in [3.05, 3.63) is 103 Å². The third-order valence-corrected chi connectivity index (χ3v) is 4.13. The van der Waals surface area contributed by atoms with Crippen molar-refractivity contribution in [3.63, 3.8) is 0 Å². The Morgan fingerprint density at radius 2 is 1.46 bits per heavy atom. The summed E-state index contributed by atoms with van der Waals surface area (Å²) in [6.07, 6.45) is 3.31. The second-order valence-corrected chi connectivity index (χ2v) is 5.87. The fourth-order valence-electron chi connectivity index (χ4n) is 2.82. The van der Waals surface area contributed by atoms with Gasteiger partial charge < -0.3 is 5.32 Å². The molecule has 1 amide bonds. The molecule has 4 heteroatoms. The van der Waals surface area contributed by atoms with Crippen LogP contribution in [0.25, 0.3) is 16.8 Å². The first kappa shape index (κ1) is 15.8. The number of carbonyl (C=O) groups excluding carboxylic acids is 1. The molecule has 1 N–H and O–H groups in total. The Morgan fingerprint density at radius 3 is 2.23 bits per heavy atom. The number of rotatable bonds is 4. The van der Waals surface area contributed by atoms with E-state index in [2.05, 4.69) is 10.4 Å². The van der Waals surface area contributed by atoms with Gasteiger partial charge in [0, 0.05) is 17.4 Å². The minimum atomic E-state index is -0.185. The number of nitrogens with zero attached hydrogens (tertiary/aromatic N) is 2. The van der Waals surface area contributed by atoms with E-state index in [1.807, 2.05) is 84.9 Å². The monoisotopic (exact) mass is 339 g/mol. The van der Waals surface area contributed by atoms with Gasteiger partial charge >= 0.3 is 0 Å². The fraction of sp³-hybridized carbons (Fsp3) is 0. The summed E-state index contributed by atoms with van der Waals surface area (Å²) in [4.78, 5) is 12.7. The second-order valence-electron chi connectivity index (χ2n) is 5.87. The molecule has 0 aliphatic heterocycles. The Labute approximate surface area is 151 Å². The maximum Gasteiger partial charge on any atom is 0.258 e. The van der Waals surface area contributed by atoms with E-state index in [-0.39, 0.29) is 5.91 Å². The minimum Gasteiger partial charge on any atom is -0.321 e. The molecule has 1 heterocycles. The zero-order valence-corrected chi connectivity index (χ0v) is 14.0. The van der Waals surface area contributed by atoms with Gasteiger partial charge in [-0.3, -0.25) is 4.79 Å². The zero-order valence-electron chi connectivity index (χ0n) is 14.0. The number of anilines is 1. The number of hydrogen-bond donors (Lipinski definition) is 1. The largest absolute Gasteiger partial charge is 0.321 e. The Kier molecular flexibility index (Phi) is 4.31. The maximum absolute atomic E-state index is 12.7. The highest BCUT2D eigenvalue weighted by Crippen LogP contribution is 2.27. The summed E-state index contributed by atoms with van der Waals surface area (Å²) in [5.74, 6) is -0.185. The van der Waals surface area contributed by atoms with Gasteiger partial charge in [-0.1, -0.05) is 66.7 Å². The molecule has 4 aromatic rings. The van der Waals surface area contributed by atoms with Gasteiger partial charge in [0.2, 0.25) is 0 Å². The summed E-state index contributed by atoms with van der Waals surface area (Å²) in [6, 6.07) is 27.5. The molecule has 26 heavy (non-hydrogen) atoms. The molecular weight excluding hydrogens is 322 g/mol. The van der Waals surface area contributed by atoms with Crippen LogP contribution in [0.3, 0.4) is 0 Å². The molecule has 1 aromatic heterocycles. The van der Waals surface area contributed by atoms with E-state index in [1.165, 1.54) is 0 Å². The van der Waals surface area contributed by atoms with Gasteiger partial charge in [-0.15, -0.1) is 0 Å². The van der Waals surface area contributed by atoms with Gasteiger partial charge in [-0.25, -0.2) is 4.68 Å². The molecule has 126 valence electrons. The molecule has 4 rings (SSSR count). The molecule has 3 aromatic carbocycles. The van der Waals surface area contributed by atoms with Crippen LogP contribution in [0.5, 0.6) is 0 Å².